The Kier molecular flexibility index (Phi) is 11.5. The standard InChI is InChI=1S/C18H27F2N3O3.HI/c1-2-21-18(22-9-10-25-12-13-3-4-13)23-11-16(24)14-5-7-15(8-6-14)26-17(19)20;/h5-8,13,16-17,24H,2-4,9-12H2,1H3,(H2,21,22,23);1H. The van der Waals surface area contributed by atoms with Crippen molar-refractivity contribution >= 4 is 29.9 Å². The third-order valence-electron chi connectivity index (χ3n) is 3.85. The third-order valence-corrected chi connectivity index (χ3v) is 3.85. The van der Waals surface area contributed by atoms with E-state index in [1.54, 1.807) is 12.1 Å². The fraction of sp³-hybridized carbons (Fsp3) is 0.611. The van der Waals surface area contributed by atoms with Crippen molar-refractivity contribution in [3.63, 3.8) is 0 Å². The molecule has 0 aromatic heterocycles. The van der Waals surface area contributed by atoms with Crippen molar-refractivity contribution in [1.82, 2.24) is 10.6 Å². The van der Waals surface area contributed by atoms with Crippen molar-refractivity contribution in [3.05, 3.63) is 29.8 Å². The third kappa shape index (κ3) is 10.1. The minimum absolute atomic E-state index is 0. The number of rotatable bonds is 11. The summed E-state index contributed by atoms with van der Waals surface area (Å²) in [4.78, 5) is 4.34. The van der Waals surface area contributed by atoms with E-state index in [1.807, 2.05) is 6.92 Å². The first kappa shape index (κ1) is 23.8. The van der Waals surface area contributed by atoms with Crippen LogP contribution in [0.15, 0.2) is 29.3 Å². The lowest BCUT2D eigenvalue weighted by atomic mass is 10.1. The number of hydrogen-bond donors (Lipinski definition) is 3. The van der Waals surface area contributed by atoms with Crippen LogP contribution < -0.4 is 15.4 Å². The number of hydrogen-bond acceptors (Lipinski definition) is 4. The summed E-state index contributed by atoms with van der Waals surface area (Å²) in [5, 5.41) is 16.5. The molecule has 1 aromatic rings. The van der Waals surface area contributed by atoms with Crippen molar-refractivity contribution in [2.75, 3.05) is 32.8 Å². The molecule has 27 heavy (non-hydrogen) atoms. The maximum absolute atomic E-state index is 12.1. The number of benzene rings is 1. The van der Waals surface area contributed by atoms with Crippen LogP contribution in [0.3, 0.4) is 0 Å². The molecule has 1 saturated carbocycles. The molecule has 0 heterocycles. The number of nitrogens with zero attached hydrogens (tertiary/aromatic N) is 1. The van der Waals surface area contributed by atoms with E-state index in [2.05, 4.69) is 20.4 Å². The second kappa shape index (κ2) is 13.1. The first-order valence-electron chi connectivity index (χ1n) is 8.91. The summed E-state index contributed by atoms with van der Waals surface area (Å²) in [6, 6.07) is 5.89. The van der Waals surface area contributed by atoms with Gasteiger partial charge >= 0.3 is 6.61 Å². The molecule has 1 aromatic carbocycles. The topological polar surface area (TPSA) is 75.1 Å². The van der Waals surface area contributed by atoms with Crippen molar-refractivity contribution in [2.45, 2.75) is 32.5 Å². The van der Waals surface area contributed by atoms with Crippen LogP contribution in [-0.2, 0) is 4.74 Å². The second-order valence-corrected chi connectivity index (χ2v) is 6.13. The Bertz CT molecular complexity index is 557. The molecule has 9 heteroatoms. The Morgan fingerprint density at radius 3 is 2.56 bits per heavy atom. The zero-order valence-electron chi connectivity index (χ0n) is 15.4. The van der Waals surface area contributed by atoms with Gasteiger partial charge in [-0.05, 0) is 43.4 Å². The molecule has 0 spiro atoms. The molecule has 0 radical (unpaired) electrons. The molecule has 1 unspecified atom stereocenters. The van der Waals surface area contributed by atoms with Crippen molar-refractivity contribution in [1.29, 1.82) is 0 Å². The molecule has 0 amide bonds. The lowest BCUT2D eigenvalue weighted by Gasteiger charge is -2.14. The highest BCUT2D eigenvalue weighted by molar-refractivity contribution is 14.0. The summed E-state index contributed by atoms with van der Waals surface area (Å²) >= 11 is 0. The maximum Gasteiger partial charge on any atom is 0.387 e. The number of nitrogens with one attached hydrogen (secondary N) is 2. The summed E-state index contributed by atoms with van der Waals surface area (Å²) in [6.07, 6.45) is 1.70. The van der Waals surface area contributed by atoms with Gasteiger partial charge in [-0.2, -0.15) is 8.78 Å². The first-order valence-corrected chi connectivity index (χ1v) is 8.91. The largest absolute Gasteiger partial charge is 0.435 e. The maximum atomic E-state index is 12.1. The monoisotopic (exact) mass is 499 g/mol. The van der Waals surface area contributed by atoms with Crippen LogP contribution in [0.4, 0.5) is 8.78 Å². The van der Waals surface area contributed by atoms with E-state index in [0.29, 0.717) is 31.2 Å². The molecule has 1 aliphatic carbocycles. The highest BCUT2D eigenvalue weighted by Gasteiger charge is 2.20. The lowest BCUT2D eigenvalue weighted by Crippen LogP contribution is -2.39. The molecule has 0 saturated heterocycles. The van der Waals surface area contributed by atoms with Crippen LogP contribution in [-0.4, -0.2) is 50.5 Å². The number of guanidine groups is 1. The molecule has 1 atom stereocenters. The van der Waals surface area contributed by atoms with E-state index >= 15 is 0 Å². The summed E-state index contributed by atoms with van der Waals surface area (Å²) in [6.45, 7) is 2.00. The highest BCUT2D eigenvalue weighted by atomic mass is 127. The van der Waals surface area contributed by atoms with Crippen molar-refractivity contribution in [3.8, 4) is 5.75 Å². The Morgan fingerprint density at radius 2 is 1.96 bits per heavy atom. The van der Waals surface area contributed by atoms with E-state index in [4.69, 9.17) is 4.74 Å². The zero-order valence-corrected chi connectivity index (χ0v) is 17.7. The lowest BCUT2D eigenvalue weighted by molar-refractivity contribution is -0.0498. The summed E-state index contributed by atoms with van der Waals surface area (Å²) < 4.78 is 34.1. The van der Waals surface area contributed by atoms with Gasteiger partial charge in [-0.25, -0.2) is 0 Å². The molecule has 6 nitrogen and oxygen atoms in total. The SMILES string of the molecule is CCNC(=NCC(O)c1ccc(OC(F)F)cc1)NCCOCC1CC1.I. The predicted octanol–water partition coefficient (Wildman–Crippen LogP) is 2.92. The number of halogens is 3. The number of ether oxygens (including phenoxy) is 2. The first-order chi connectivity index (χ1) is 12.6. The predicted molar refractivity (Wildman–Crippen MR) is 111 cm³/mol. The molecule has 2 rings (SSSR count). The van der Waals surface area contributed by atoms with Gasteiger partial charge in [0.2, 0.25) is 0 Å². The summed E-state index contributed by atoms with van der Waals surface area (Å²) in [5.74, 6) is 1.39. The van der Waals surface area contributed by atoms with Crippen LogP contribution in [0.1, 0.15) is 31.4 Å². The Balaban J connectivity index is 0.00000364. The summed E-state index contributed by atoms with van der Waals surface area (Å²) in [5.41, 5.74) is 0.582. The van der Waals surface area contributed by atoms with Crippen molar-refractivity contribution in [2.24, 2.45) is 10.9 Å². The van der Waals surface area contributed by atoms with Crippen LogP contribution in [0.5, 0.6) is 5.75 Å². The molecular weight excluding hydrogens is 471 g/mol. The fourth-order valence-electron chi connectivity index (χ4n) is 2.27. The van der Waals surface area contributed by atoms with Crippen LogP contribution in [0.2, 0.25) is 0 Å². The molecule has 0 aliphatic heterocycles. The normalized spacial score (nSPS) is 15.2. The van der Waals surface area contributed by atoms with Crippen LogP contribution in [0.25, 0.3) is 0 Å². The van der Waals surface area contributed by atoms with Gasteiger partial charge in [-0.3, -0.25) is 4.99 Å². The van der Waals surface area contributed by atoms with Crippen LogP contribution in [0, 0.1) is 5.92 Å². The van der Waals surface area contributed by atoms with Gasteiger partial charge < -0.3 is 25.2 Å². The van der Waals surface area contributed by atoms with Crippen LogP contribution >= 0.6 is 24.0 Å². The van der Waals surface area contributed by atoms with Gasteiger partial charge in [0.05, 0.1) is 19.3 Å². The van der Waals surface area contributed by atoms with E-state index in [0.717, 1.165) is 12.5 Å². The van der Waals surface area contributed by atoms with Gasteiger partial charge in [0.15, 0.2) is 5.96 Å². The molecule has 0 bridgehead atoms. The average molecular weight is 499 g/mol. The van der Waals surface area contributed by atoms with Gasteiger partial charge in [-0.15, -0.1) is 24.0 Å². The van der Waals surface area contributed by atoms with E-state index in [-0.39, 0.29) is 36.3 Å². The van der Waals surface area contributed by atoms with Crippen molar-refractivity contribution < 1.29 is 23.4 Å². The quantitative estimate of drug-likeness (QED) is 0.189. The number of alkyl halides is 2. The minimum atomic E-state index is -2.86. The van der Waals surface area contributed by atoms with E-state index < -0.39 is 12.7 Å². The smallest absolute Gasteiger partial charge is 0.387 e. The average Bonchev–Trinajstić information content (AvgIpc) is 3.43. The molecule has 3 N–H and O–H groups in total. The zero-order chi connectivity index (χ0) is 18.8. The minimum Gasteiger partial charge on any atom is -0.435 e. The number of aliphatic hydroxyl groups is 1. The fourth-order valence-corrected chi connectivity index (χ4v) is 2.27. The molecular formula is C18H28F2IN3O3. The number of aliphatic hydroxyl groups excluding tert-OH is 1. The Morgan fingerprint density at radius 1 is 1.26 bits per heavy atom. The number of aliphatic imine (C=N–C) groups is 1. The van der Waals surface area contributed by atoms with E-state index in [1.165, 1.54) is 25.0 Å². The Hall–Kier alpha value is -1.20. The molecule has 1 fully saturated rings. The second-order valence-electron chi connectivity index (χ2n) is 6.13. The molecule has 154 valence electrons. The van der Waals surface area contributed by atoms with Gasteiger partial charge in [-0.1, -0.05) is 12.1 Å². The highest BCUT2D eigenvalue weighted by Crippen LogP contribution is 2.28. The summed E-state index contributed by atoms with van der Waals surface area (Å²) in [7, 11) is 0. The van der Waals surface area contributed by atoms with Gasteiger partial charge in [0, 0.05) is 19.7 Å². The van der Waals surface area contributed by atoms with Gasteiger partial charge in [0.25, 0.3) is 0 Å². The Labute approximate surface area is 175 Å². The van der Waals surface area contributed by atoms with E-state index in [9.17, 15) is 13.9 Å². The van der Waals surface area contributed by atoms with Gasteiger partial charge in [0.1, 0.15) is 5.75 Å². The molecule has 1 aliphatic rings.